The molecule has 0 N–H and O–H groups in total. The molecular weight excluding hydrogens is 174 g/mol. The van der Waals surface area contributed by atoms with Gasteiger partial charge in [-0.05, 0) is 29.9 Å². The van der Waals surface area contributed by atoms with Crippen LogP contribution in [0.1, 0.15) is 26.3 Å². The number of aliphatic imine (C=N–C) groups is 1. The number of hydrogen-bond acceptors (Lipinski definition) is 2. The average molecular weight is 190 g/mol. The SMILES string of the molecule is Cc1ccccc1N=C([O-])C(C)(C)C. The molecule has 1 aromatic carbocycles. The Morgan fingerprint density at radius 1 is 1.21 bits per heavy atom. The van der Waals surface area contributed by atoms with E-state index in [2.05, 4.69) is 4.99 Å². The van der Waals surface area contributed by atoms with E-state index in [1.807, 2.05) is 52.0 Å². The zero-order valence-corrected chi connectivity index (χ0v) is 9.16. The van der Waals surface area contributed by atoms with Crippen LogP contribution >= 0.6 is 0 Å². The average Bonchev–Trinajstić information content (AvgIpc) is 2.07. The lowest BCUT2D eigenvalue weighted by Gasteiger charge is -2.26. The van der Waals surface area contributed by atoms with Crippen molar-refractivity contribution in [3.63, 3.8) is 0 Å². The summed E-state index contributed by atoms with van der Waals surface area (Å²) >= 11 is 0. The molecule has 0 aliphatic carbocycles. The van der Waals surface area contributed by atoms with E-state index >= 15 is 0 Å². The molecule has 0 saturated heterocycles. The highest BCUT2D eigenvalue weighted by Crippen LogP contribution is 2.21. The third-order valence-corrected chi connectivity index (χ3v) is 1.98. The Kier molecular flexibility index (Phi) is 2.94. The molecule has 2 heteroatoms. The Hall–Kier alpha value is -1.31. The van der Waals surface area contributed by atoms with Crippen molar-refractivity contribution >= 4 is 11.6 Å². The second-order valence-electron chi connectivity index (χ2n) is 4.45. The molecule has 0 saturated carbocycles. The molecule has 0 fully saturated rings. The second-order valence-corrected chi connectivity index (χ2v) is 4.45. The van der Waals surface area contributed by atoms with Gasteiger partial charge in [0.2, 0.25) is 0 Å². The van der Waals surface area contributed by atoms with Crippen molar-refractivity contribution in [2.24, 2.45) is 10.4 Å². The van der Waals surface area contributed by atoms with Crippen LogP contribution in [0.25, 0.3) is 0 Å². The minimum absolute atomic E-state index is 0.0770. The molecule has 0 unspecified atom stereocenters. The fourth-order valence-electron chi connectivity index (χ4n) is 0.966. The lowest BCUT2D eigenvalue weighted by atomic mass is 9.97. The van der Waals surface area contributed by atoms with Gasteiger partial charge in [0.05, 0.1) is 5.69 Å². The van der Waals surface area contributed by atoms with E-state index in [-0.39, 0.29) is 5.90 Å². The number of nitrogens with zero attached hydrogens (tertiary/aromatic N) is 1. The van der Waals surface area contributed by atoms with Crippen molar-refractivity contribution in [1.82, 2.24) is 0 Å². The van der Waals surface area contributed by atoms with Gasteiger partial charge in [-0.25, -0.2) is 0 Å². The van der Waals surface area contributed by atoms with E-state index in [1.54, 1.807) is 0 Å². The summed E-state index contributed by atoms with van der Waals surface area (Å²) in [6, 6.07) is 7.64. The minimum atomic E-state index is -0.401. The Morgan fingerprint density at radius 3 is 2.29 bits per heavy atom. The van der Waals surface area contributed by atoms with Gasteiger partial charge >= 0.3 is 0 Å². The molecule has 2 nitrogen and oxygen atoms in total. The molecule has 0 amide bonds. The molecule has 0 heterocycles. The summed E-state index contributed by atoms with van der Waals surface area (Å²) in [4.78, 5) is 4.09. The Balaban J connectivity index is 3.04. The van der Waals surface area contributed by atoms with Gasteiger partial charge < -0.3 is 5.11 Å². The van der Waals surface area contributed by atoms with Crippen LogP contribution in [0.4, 0.5) is 5.69 Å². The van der Waals surface area contributed by atoms with Crippen molar-refractivity contribution in [2.45, 2.75) is 27.7 Å². The summed E-state index contributed by atoms with van der Waals surface area (Å²) in [5.41, 5.74) is 1.40. The van der Waals surface area contributed by atoms with Gasteiger partial charge in [0.1, 0.15) is 0 Å². The summed E-state index contributed by atoms with van der Waals surface area (Å²) in [6.45, 7) is 7.57. The number of benzene rings is 1. The fraction of sp³-hybridized carbons (Fsp3) is 0.417. The third kappa shape index (κ3) is 2.59. The van der Waals surface area contributed by atoms with Crippen LogP contribution in [-0.4, -0.2) is 5.90 Å². The first kappa shape index (κ1) is 10.8. The van der Waals surface area contributed by atoms with Crippen LogP contribution < -0.4 is 5.11 Å². The Labute approximate surface area is 85.3 Å². The van der Waals surface area contributed by atoms with Gasteiger partial charge in [-0.2, -0.15) is 0 Å². The highest BCUT2D eigenvalue weighted by molar-refractivity contribution is 5.80. The van der Waals surface area contributed by atoms with Gasteiger partial charge in [-0.15, -0.1) is 0 Å². The highest BCUT2D eigenvalue weighted by Gasteiger charge is 2.09. The van der Waals surface area contributed by atoms with Gasteiger partial charge in [0.15, 0.2) is 0 Å². The van der Waals surface area contributed by atoms with Crippen LogP contribution in [0.5, 0.6) is 0 Å². The number of para-hydroxylation sites is 1. The molecule has 0 aliphatic rings. The zero-order valence-electron chi connectivity index (χ0n) is 9.16. The van der Waals surface area contributed by atoms with Crippen LogP contribution in [0.3, 0.4) is 0 Å². The van der Waals surface area contributed by atoms with E-state index in [0.29, 0.717) is 0 Å². The third-order valence-electron chi connectivity index (χ3n) is 1.98. The van der Waals surface area contributed by atoms with E-state index < -0.39 is 5.41 Å². The molecule has 1 rings (SSSR count). The van der Waals surface area contributed by atoms with Gasteiger partial charge in [-0.1, -0.05) is 39.0 Å². The number of hydrogen-bond donors (Lipinski definition) is 0. The first-order chi connectivity index (χ1) is 6.41. The van der Waals surface area contributed by atoms with Gasteiger partial charge in [-0.3, -0.25) is 4.99 Å². The van der Waals surface area contributed by atoms with Crippen molar-refractivity contribution in [2.75, 3.05) is 0 Å². The topological polar surface area (TPSA) is 35.4 Å². The summed E-state index contributed by atoms with van der Waals surface area (Å²) < 4.78 is 0. The van der Waals surface area contributed by atoms with Gasteiger partial charge in [0, 0.05) is 0 Å². The minimum Gasteiger partial charge on any atom is -0.861 e. The first-order valence-corrected chi connectivity index (χ1v) is 4.73. The smallest absolute Gasteiger partial charge is 0.0647 e. The molecule has 0 bridgehead atoms. The second kappa shape index (κ2) is 3.82. The largest absolute Gasteiger partial charge is 0.861 e. The predicted octanol–water partition coefficient (Wildman–Crippen LogP) is 2.43. The summed E-state index contributed by atoms with van der Waals surface area (Å²) in [5, 5.41) is 11.6. The molecule has 0 atom stereocenters. The van der Waals surface area contributed by atoms with E-state index in [9.17, 15) is 5.11 Å². The van der Waals surface area contributed by atoms with Crippen molar-refractivity contribution < 1.29 is 5.11 Å². The summed E-state index contributed by atoms with van der Waals surface area (Å²) in [7, 11) is 0. The monoisotopic (exact) mass is 190 g/mol. The summed E-state index contributed by atoms with van der Waals surface area (Å²) in [5.74, 6) is -0.0770. The van der Waals surface area contributed by atoms with Gasteiger partial charge in [0.25, 0.3) is 0 Å². The maximum absolute atomic E-state index is 11.6. The van der Waals surface area contributed by atoms with Crippen molar-refractivity contribution in [3.05, 3.63) is 29.8 Å². The number of aryl methyl sites for hydroxylation is 1. The summed E-state index contributed by atoms with van der Waals surface area (Å²) in [6.07, 6.45) is 0. The lowest BCUT2D eigenvalue weighted by molar-refractivity contribution is -0.228. The molecule has 0 spiro atoms. The van der Waals surface area contributed by atoms with E-state index in [0.717, 1.165) is 11.3 Å². The first-order valence-electron chi connectivity index (χ1n) is 4.73. The zero-order chi connectivity index (χ0) is 10.8. The molecular formula is C12H16NO-. The van der Waals surface area contributed by atoms with Crippen LogP contribution in [0.2, 0.25) is 0 Å². The molecule has 76 valence electrons. The van der Waals surface area contributed by atoms with E-state index in [1.165, 1.54) is 0 Å². The lowest BCUT2D eigenvalue weighted by Crippen LogP contribution is -2.32. The maximum atomic E-state index is 11.6. The number of rotatable bonds is 1. The fourth-order valence-corrected chi connectivity index (χ4v) is 0.966. The maximum Gasteiger partial charge on any atom is 0.0647 e. The Bertz CT molecular complexity index is 348. The molecule has 1 aromatic rings. The Morgan fingerprint density at radius 2 is 1.79 bits per heavy atom. The molecule has 14 heavy (non-hydrogen) atoms. The molecule has 0 aliphatic heterocycles. The van der Waals surface area contributed by atoms with Crippen LogP contribution in [0.15, 0.2) is 29.3 Å². The standard InChI is InChI=1S/C12H17NO/c1-9-7-5-6-8-10(9)13-11(14)12(2,3)4/h5-8H,1-4H3,(H,13,14)/p-1. The predicted molar refractivity (Wildman–Crippen MR) is 57.7 cm³/mol. The van der Waals surface area contributed by atoms with Crippen molar-refractivity contribution in [3.8, 4) is 0 Å². The molecule has 0 aromatic heterocycles. The van der Waals surface area contributed by atoms with Crippen LogP contribution in [-0.2, 0) is 0 Å². The van der Waals surface area contributed by atoms with Crippen molar-refractivity contribution in [1.29, 1.82) is 0 Å². The van der Waals surface area contributed by atoms with E-state index in [4.69, 9.17) is 0 Å². The van der Waals surface area contributed by atoms with Crippen LogP contribution in [0, 0.1) is 12.3 Å². The normalized spacial score (nSPS) is 13.0. The quantitative estimate of drug-likeness (QED) is 0.495. The highest BCUT2D eigenvalue weighted by atomic mass is 16.3. The molecule has 0 radical (unpaired) electrons.